The van der Waals surface area contributed by atoms with Gasteiger partial charge in [-0.3, -0.25) is 5.10 Å². The van der Waals surface area contributed by atoms with Crippen LogP contribution in [0.5, 0.6) is 5.75 Å². The number of hydrogen-bond acceptors (Lipinski definition) is 3. The van der Waals surface area contributed by atoms with Gasteiger partial charge in [0.2, 0.25) is 0 Å². The van der Waals surface area contributed by atoms with Crippen molar-refractivity contribution in [2.75, 3.05) is 0 Å². The minimum atomic E-state index is -1.06. The highest BCUT2D eigenvalue weighted by atomic mass is 16.4. The fourth-order valence-corrected chi connectivity index (χ4v) is 2.15. The van der Waals surface area contributed by atoms with E-state index in [4.69, 9.17) is 5.11 Å². The maximum atomic E-state index is 10.8. The fraction of sp³-hybridized carbons (Fsp3) is 0.0769. The molecule has 0 spiro atoms. The lowest BCUT2D eigenvalue weighted by Crippen LogP contribution is -1.95. The Morgan fingerprint density at radius 3 is 2.79 bits per heavy atom. The smallest absolute Gasteiger partial charge is 0.353 e. The molecule has 96 valence electrons. The number of carbonyl (C=O) groups is 1. The van der Waals surface area contributed by atoms with Gasteiger partial charge in [-0.15, -0.1) is 0 Å². The van der Waals surface area contributed by atoms with E-state index in [9.17, 15) is 9.90 Å². The number of rotatable bonds is 2. The molecule has 0 aliphatic carbocycles. The van der Waals surface area contributed by atoms with E-state index in [-0.39, 0.29) is 11.4 Å². The van der Waals surface area contributed by atoms with Crippen molar-refractivity contribution < 1.29 is 15.0 Å². The second-order valence-corrected chi connectivity index (χ2v) is 4.27. The van der Waals surface area contributed by atoms with Crippen LogP contribution in [0.3, 0.4) is 0 Å². The maximum absolute atomic E-state index is 10.8. The van der Waals surface area contributed by atoms with Gasteiger partial charge in [-0.1, -0.05) is 6.07 Å². The molecule has 0 saturated carbocycles. The summed E-state index contributed by atoms with van der Waals surface area (Å²) in [4.78, 5) is 10.8. The number of nitrogens with one attached hydrogen (secondary N) is 1. The number of aromatic carboxylic acids is 1. The Balaban J connectivity index is 2.22. The molecule has 19 heavy (non-hydrogen) atoms. The summed E-state index contributed by atoms with van der Waals surface area (Å²) in [6.07, 6.45) is 0. The van der Waals surface area contributed by atoms with Gasteiger partial charge in [0.1, 0.15) is 17.1 Å². The number of aromatic nitrogens is 3. The van der Waals surface area contributed by atoms with Gasteiger partial charge in [-0.2, -0.15) is 5.10 Å². The summed E-state index contributed by atoms with van der Waals surface area (Å²) in [5.41, 5.74) is 2.15. The van der Waals surface area contributed by atoms with Crippen LogP contribution >= 0.6 is 0 Å². The van der Waals surface area contributed by atoms with Crippen LogP contribution in [0.25, 0.3) is 22.3 Å². The highest BCUT2D eigenvalue weighted by Gasteiger charge is 2.14. The topological polar surface area (TPSA) is 91.1 Å². The molecule has 0 bridgehead atoms. The van der Waals surface area contributed by atoms with Gasteiger partial charge in [0.15, 0.2) is 0 Å². The average molecular weight is 257 g/mol. The number of carboxylic acids is 1. The second kappa shape index (κ2) is 3.88. The molecule has 6 nitrogen and oxygen atoms in total. The van der Waals surface area contributed by atoms with Crippen LogP contribution in [-0.2, 0) is 7.05 Å². The van der Waals surface area contributed by atoms with E-state index >= 15 is 0 Å². The van der Waals surface area contributed by atoms with Crippen LogP contribution in [0, 0.1) is 0 Å². The Kier molecular flexibility index (Phi) is 2.31. The lowest BCUT2D eigenvalue weighted by molar-refractivity contribution is 0.0690. The van der Waals surface area contributed by atoms with E-state index in [0.29, 0.717) is 11.1 Å². The normalized spacial score (nSPS) is 11.0. The van der Waals surface area contributed by atoms with Crippen LogP contribution < -0.4 is 0 Å². The summed E-state index contributed by atoms with van der Waals surface area (Å²) < 4.78 is 1.86. The number of fused-ring (bicyclic) bond motifs is 1. The van der Waals surface area contributed by atoms with Crippen molar-refractivity contribution in [1.82, 2.24) is 14.8 Å². The van der Waals surface area contributed by atoms with Crippen molar-refractivity contribution in [2.45, 2.75) is 0 Å². The standard InChI is InChI=1S/C13H11N3O3/c1-16-10-3-2-4-12(17)7(10)5-11(16)8-6-9(13(18)19)15-14-8/h2-6,17H,1H3,(H,14,15)(H,18,19). The fourth-order valence-electron chi connectivity index (χ4n) is 2.15. The van der Waals surface area contributed by atoms with Gasteiger partial charge >= 0.3 is 5.97 Å². The molecule has 3 aromatic rings. The average Bonchev–Trinajstić information content (AvgIpc) is 2.96. The molecule has 2 aromatic heterocycles. The van der Waals surface area contributed by atoms with Crippen LogP contribution in [0.2, 0.25) is 0 Å². The molecular weight excluding hydrogens is 246 g/mol. The van der Waals surface area contributed by atoms with E-state index in [1.54, 1.807) is 18.2 Å². The number of aryl methyl sites for hydroxylation is 1. The molecule has 0 amide bonds. The third-order valence-electron chi connectivity index (χ3n) is 3.13. The van der Waals surface area contributed by atoms with Gasteiger partial charge in [0, 0.05) is 18.5 Å². The van der Waals surface area contributed by atoms with Crippen LogP contribution in [0.1, 0.15) is 10.5 Å². The number of aromatic amines is 1. The Labute approximate surface area is 107 Å². The first kappa shape index (κ1) is 11.3. The van der Waals surface area contributed by atoms with Crippen molar-refractivity contribution in [1.29, 1.82) is 0 Å². The minimum Gasteiger partial charge on any atom is -0.507 e. The number of aromatic hydroxyl groups is 1. The number of hydrogen-bond donors (Lipinski definition) is 3. The zero-order chi connectivity index (χ0) is 13.6. The Morgan fingerprint density at radius 2 is 2.16 bits per heavy atom. The Bertz CT molecular complexity index is 786. The Hall–Kier alpha value is -2.76. The molecule has 0 unspecified atom stereocenters. The third-order valence-corrected chi connectivity index (χ3v) is 3.13. The first-order valence-electron chi connectivity index (χ1n) is 5.64. The maximum Gasteiger partial charge on any atom is 0.353 e. The number of phenols is 1. The third kappa shape index (κ3) is 1.65. The first-order valence-corrected chi connectivity index (χ1v) is 5.64. The molecular formula is C13H11N3O3. The van der Waals surface area contributed by atoms with Gasteiger partial charge < -0.3 is 14.8 Å². The summed E-state index contributed by atoms with van der Waals surface area (Å²) in [5.74, 6) is -0.867. The van der Waals surface area contributed by atoms with E-state index in [2.05, 4.69) is 10.2 Å². The molecule has 1 aromatic carbocycles. The molecule has 0 fully saturated rings. The monoisotopic (exact) mass is 257 g/mol. The molecule has 3 rings (SSSR count). The van der Waals surface area contributed by atoms with Crippen molar-refractivity contribution in [3.05, 3.63) is 36.0 Å². The highest BCUT2D eigenvalue weighted by Crippen LogP contribution is 2.31. The second-order valence-electron chi connectivity index (χ2n) is 4.27. The summed E-state index contributed by atoms with van der Waals surface area (Å²) in [6.45, 7) is 0. The lowest BCUT2D eigenvalue weighted by Gasteiger charge is -2.00. The van der Waals surface area contributed by atoms with Gasteiger partial charge in [0.05, 0.1) is 11.2 Å². The number of benzene rings is 1. The molecule has 2 heterocycles. The number of carboxylic acid groups (broad SMARTS) is 1. The highest BCUT2D eigenvalue weighted by molar-refractivity contribution is 5.92. The van der Waals surface area contributed by atoms with Gasteiger partial charge in [0.25, 0.3) is 0 Å². The van der Waals surface area contributed by atoms with Crippen molar-refractivity contribution in [3.8, 4) is 17.1 Å². The zero-order valence-corrected chi connectivity index (χ0v) is 10.1. The largest absolute Gasteiger partial charge is 0.507 e. The molecule has 6 heteroatoms. The minimum absolute atomic E-state index is 0.0319. The number of nitrogens with zero attached hydrogens (tertiary/aromatic N) is 2. The predicted octanol–water partition coefficient (Wildman–Crippen LogP) is 1.97. The van der Waals surface area contributed by atoms with Crippen LogP contribution in [0.15, 0.2) is 30.3 Å². The van der Waals surface area contributed by atoms with Crippen LogP contribution in [0.4, 0.5) is 0 Å². The first-order chi connectivity index (χ1) is 9.08. The van der Waals surface area contributed by atoms with E-state index in [1.165, 1.54) is 6.07 Å². The quantitative estimate of drug-likeness (QED) is 0.654. The van der Waals surface area contributed by atoms with E-state index in [0.717, 1.165) is 11.2 Å². The molecule has 0 aliphatic rings. The Morgan fingerprint density at radius 1 is 1.37 bits per heavy atom. The number of H-pyrrole nitrogens is 1. The summed E-state index contributed by atoms with van der Waals surface area (Å²) >= 11 is 0. The van der Waals surface area contributed by atoms with Crippen molar-refractivity contribution in [3.63, 3.8) is 0 Å². The zero-order valence-electron chi connectivity index (χ0n) is 10.1. The van der Waals surface area contributed by atoms with Gasteiger partial charge in [-0.25, -0.2) is 4.79 Å². The summed E-state index contributed by atoms with van der Waals surface area (Å²) in [5, 5.41) is 25.9. The SMILES string of the molecule is Cn1c(-c2cc(C(=O)O)[nH]n2)cc2c(O)cccc21. The van der Waals surface area contributed by atoms with Crippen molar-refractivity contribution >= 4 is 16.9 Å². The van der Waals surface area contributed by atoms with E-state index < -0.39 is 5.97 Å². The predicted molar refractivity (Wildman–Crippen MR) is 69.1 cm³/mol. The molecule has 0 radical (unpaired) electrons. The number of phenolic OH excluding ortho intramolecular Hbond substituents is 1. The molecule has 0 atom stereocenters. The van der Waals surface area contributed by atoms with E-state index in [1.807, 2.05) is 17.7 Å². The molecule has 3 N–H and O–H groups in total. The molecule has 0 aliphatic heterocycles. The van der Waals surface area contributed by atoms with Crippen molar-refractivity contribution in [2.24, 2.45) is 7.05 Å². The molecule has 0 saturated heterocycles. The van der Waals surface area contributed by atoms with Gasteiger partial charge in [-0.05, 0) is 18.2 Å². The summed E-state index contributed by atoms with van der Waals surface area (Å²) in [6, 6.07) is 8.50. The lowest BCUT2D eigenvalue weighted by atomic mass is 10.2. The summed E-state index contributed by atoms with van der Waals surface area (Å²) in [7, 11) is 1.84. The van der Waals surface area contributed by atoms with Crippen LogP contribution in [-0.4, -0.2) is 30.9 Å².